The molecule has 0 radical (unpaired) electrons. The number of alkyl halides is 3. The first-order chi connectivity index (χ1) is 7.90. The Bertz CT molecular complexity index is 350. The Morgan fingerprint density at radius 2 is 1.94 bits per heavy atom. The van der Waals surface area contributed by atoms with Crippen LogP contribution in [0.2, 0.25) is 0 Å². The molecular weight excluding hydrogens is 231 g/mol. The average molecular weight is 247 g/mol. The van der Waals surface area contributed by atoms with Crippen molar-refractivity contribution in [2.45, 2.75) is 32.0 Å². The van der Waals surface area contributed by atoms with Crippen LogP contribution in [0.4, 0.5) is 13.2 Å². The van der Waals surface area contributed by atoms with E-state index in [4.69, 9.17) is 10.5 Å². The minimum Gasteiger partial charge on any atom is -0.493 e. The molecule has 1 unspecified atom stereocenters. The van der Waals surface area contributed by atoms with Gasteiger partial charge in [-0.2, -0.15) is 13.2 Å². The molecule has 1 rings (SSSR count). The van der Waals surface area contributed by atoms with E-state index in [9.17, 15) is 13.2 Å². The normalized spacial score (nSPS) is 13.5. The molecule has 0 aliphatic rings. The maximum atomic E-state index is 11.9. The van der Waals surface area contributed by atoms with Gasteiger partial charge in [-0.3, -0.25) is 0 Å². The van der Waals surface area contributed by atoms with Gasteiger partial charge < -0.3 is 10.5 Å². The Kier molecular flexibility index (Phi) is 4.81. The molecule has 17 heavy (non-hydrogen) atoms. The number of para-hydroxylation sites is 1. The van der Waals surface area contributed by atoms with Crippen LogP contribution in [0.1, 0.15) is 31.4 Å². The van der Waals surface area contributed by atoms with Crippen molar-refractivity contribution in [3.8, 4) is 5.75 Å². The van der Waals surface area contributed by atoms with Crippen LogP contribution in [-0.4, -0.2) is 12.8 Å². The molecule has 0 heterocycles. The summed E-state index contributed by atoms with van der Waals surface area (Å²) in [6.45, 7) is 1.85. The van der Waals surface area contributed by atoms with E-state index in [1.807, 2.05) is 12.1 Å². The van der Waals surface area contributed by atoms with Crippen LogP contribution in [0.25, 0.3) is 0 Å². The fourth-order valence-corrected chi connectivity index (χ4v) is 1.44. The van der Waals surface area contributed by atoms with Crippen molar-refractivity contribution in [2.75, 3.05) is 6.61 Å². The minimum atomic E-state index is -4.12. The third kappa shape index (κ3) is 5.08. The van der Waals surface area contributed by atoms with Gasteiger partial charge in [0, 0.05) is 18.0 Å². The third-order valence-corrected chi connectivity index (χ3v) is 2.27. The van der Waals surface area contributed by atoms with E-state index >= 15 is 0 Å². The molecular formula is C12H16F3NO. The molecule has 0 aliphatic carbocycles. The lowest BCUT2D eigenvalue weighted by atomic mass is 10.1. The quantitative estimate of drug-likeness (QED) is 0.809. The van der Waals surface area contributed by atoms with Crippen LogP contribution in [0, 0.1) is 0 Å². The first kappa shape index (κ1) is 13.8. The SMILES string of the molecule is CC(N)c1ccccc1OCCCC(F)(F)F. The number of nitrogens with two attached hydrogens (primary N) is 1. The molecule has 0 spiro atoms. The molecule has 0 amide bonds. The van der Waals surface area contributed by atoms with Crippen molar-refractivity contribution in [2.24, 2.45) is 5.73 Å². The Hall–Kier alpha value is -1.23. The van der Waals surface area contributed by atoms with Crippen LogP contribution in [0.5, 0.6) is 5.75 Å². The number of benzene rings is 1. The summed E-state index contributed by atoms with van der Waals surface area (Å²) in [5.41, 5.74) is 6.53. The van der Waals surface area contributed by atoms with Crippen LogP contribution in [0.3, 0.4) is 0 Å². The monoisotopic (exact) mass is 247 g/mol. The molecule has 2 nitrogen and oxygen atoms in total. The summed E-state index contributed by atoms with van der Waals surface area (Å²) in [5.74, 6) is 0.560. The summed E-state index contributed by atoms with van der Waals surface area (Å²) in [6.07, 6.45) is -4.99. The molecule has 1 aromatic carbocycles. The largest absolute Gasteiger partial charge is 0.493 e. The van der Waals surface area contributed by atoms with E-state index in [2.05, 4.69) is 0 Å². The van der Waals surface area contributed by atoms with Crippen molar-refractivity contribution in [3.05, 3.63) is 29.8 Å². The Balaban J connectivity index is 2.47. The van der Waals surface area contributed by atoms with Gasteiger partial charge in [0.2, 0.25) is 0 Å². The van der Waals surface area contributed by atoms with E-state index < -0.39 is 12.6 Å². The highest BCUT2D eigenvalue weighted by Crippen LogP contribution is 2.25. The van der Waals surface area contributed by atoms with Gasteiger partial charge in [-0.05, 0) is 19.4 Å². The van der Waals surface area contributed by atoms with Gasteiger partial charge in [0.25, 0.3) is 0 Å². The standard InChI is InChI=1S/C12H16F3NO/c1-9(16)10-5-2-3-6-11(10)17-8-4-7-12(13,14)15/h2-3,5-6,9H,4,7-8,16H2,1H3. The molecule has 0 bridgehead atoms. The second kappa shape index (κ2) is 5.91. The predicted octanol–water partition coefficient (Wildman–Crippen LogP) is 3.43. The zero-order valence-electron chi connectivity index (χ0n) is 9.63. The highest BCUT2D eigenvalue weighted by atomic mass is 19.4. The number of rotatable bonds is 5. The smallest absolute Gasteiger partial charge is 0.389 e. The van der Waals surface area contributed by atoms with E-state index in [0.29, 0.717) is 5.75 Å². The Morgan fingerprint density at radius 1 is 1.29 bits per heavy atom. The van der Waals surface area contributed by atoms with Gasteiger partial charge >= 0.3 is 6.18 Å². The maximum absolute atomic E-state index is 11.9. The van der Waals surface area contributed by atoms with Gasteiger partial charge in [0.15, 0.2) is 0 Å². The van der Waals surface area contributed by atoms with E-state index in [1.54, 1.807) is 19.1 Å². The lowest BCUT2D eigenvalue weighted by Gasteiger charge is -2.14. The molecule has 96 valence electrons. The Morgan fingerprint density at radius 3 is 2.53 bits per heavy atom. The maximum Gasteiger partial charge on any atom is 0.389 e. The minimum absolute atomic E-state index is 0.0449. The number of hydrogen-bond acceptors (Lipinski definition) is 2. The van der Waals surface area contributed by atoms with Gasteiger partial charge in [-0.25, -0.2) is 0 Å². The van der Waals surface area contributed by atoms with E-state index in [1.165, 1.54) is 0 Å². The number of hydrogen-bond donors (Lipinski definition) is 1. The molecule has 0 aromatic heterocycles. The summed E-state index contributed by atoms with van der Waals surface area (Å²) in [5, 5.41) is 0. The molecule has 1 aromatic rings. The first-order valence-corrected chi connectivity index (χ1v) is 5.44. The van der Waals surface area contributed by atoms with Crippen molar-refractivity contribution in [1.29, 1.82) is 0 Å². The van der Waals surface area contributed by atoms with Crippen molar-refractivity contribution < 1.29 is 17.9 Å². The Labute approximate surface area is 98.6 Å². The van der Waals surface area contributed by atoms with Gasteiger partial charge in [0.1, 0.15) is 5.75 Å². The molecule has 0 saturated heterocycles. The molecule has 0 saturated carbocycles. The molecule has 0 aliphatic heterocycles. The first-order valence-electron chi connectivity index (χ1n) is 5.44. The fourth-order valence-electron chi connectivity index (χ4n) is 1.44. The van der Waals surface area contributed by atoms with Crippen LogP contribution < -0.4 is 10.5 Å². The third-order valence-electron chi connectivity index (χ3n) is 2.27. The summed E-state index contributed by atoms with van der Waals surface area (Å²) < 4.78 is 41.1. The summed E-state index contributed by atoms with van der Waals surface area (Å²) in [7, 11) is 0. The highest BCUT2D eigenvalue weighted by Gasteiger charge is 2.26. The van der Waals surface area contributed by atoms with E-state index in [0.717, 1.165) is 5.56 Å². The average Bonchev–Trinajstić information content (AvgIpc) is 2.23. The highest BCUT2D eigenvalue weighted by molar-refractivity contribution is 5.35. The molecule has 0 fully saturated rings. The van der Waals surface area contributed by atoms with Crippen LogP contribution in [-0.2, 0) is 0 Å². The lowest BCUT2D eigenvalue weighted by Crippen LogP contribution is -2.11. The summed E-state index contributed by atoms with van der Waals surface area (Å²) >= 11 is 0. The van der Waals surface area contributed by atoms with Crippen molar-refractivity contribution in [3.63, 3.8) is 0 Å². The van der Waals surface area contributed by atoms with Crippen molar-refractivity contribution >= 4 is 0 Å². The van der Waals surface area contributed by atoms with Crippen LogP contribution in [0.15, 0.2) is 24.3 Å². The predicted molar refractivity (Wildman–Crippen MR) is 59.8 cm³/mol. The van der Waals surface area contributed by atoms with Gasteiger partial charge in [-0.15, -0.1) is 0 Å². The number of halogens is 3. The second-order valence-corrected chi connectivity index (χ2v) is 3.89. The molecule has 1 atom stereocenters. The summed E-state index contributed by atoms with van der Waals surface area (Å²) in [6, 6.07) is 6.91. The van der Waals surface area contributed by atoms with Gasteiger partial charge in [-0.1, -0.05) is 18.2 Å². The fraction of sp³-hybridized carbons (Fsp3) is 0.500. The van der Waals surface area contributed by atoms with Gasteiger partial charge in [0.05, 0.1) is 6.61 Å². The van der Waals surface area contributed by atoms with Crippen LogP contribution >= 0.6 is 0 Å². The zero-order chi connectivity index (χ0) is 12.9. The number of ether oxygens (including phenoxy) is 1. The second-order valence-electron chi connectivity index (χ2n) is 3.89. The lowest BCUT2D eigenvalue weighted by molar-refractivity contribution is -0.136. The van der Waals surface area contributed by atoms with E-state index in [-0.39, 0.29) is 19.1 Å². The molecule has 2 N–H and O–H groups in total. The zero-order valence-corrected chi connectivity index (χ0v) is 9.63. The topological polar surface area (TPSA) is 35.2 Å². The summed E-state index contributed by atoms with van der Waals surface area (Å²) in [4.78, 5) is 0. The van der Waals surface area contributed by atoms with Crippen molar-refractivity contribution in [1.82, 2.24) is 0 Å². The molecule has 5 heteroatoms.